The zero-order valence-corrected chi connectivity index (χ0v) is 19.0. The lowest BCUT2D eigenvalue weighted by molar-refractivity contribution is -0.137. The number of amidine groups is 1. The van der Waals surface area contributed by atoms with Gasteiger partial charge in [-0.25, -0.2) is 4.98 Å². The minimum atomic E-state index is -4.46. The number of nitrogens with one attached hydrogen (secondary N) is 2. The molecule has 0 saturated carbocycles. The molecule has 0 radical (unpaired) electrons. The lowest BCUT2D eigenvalue weighted by Crippen LogP contribution is -2.48. The van der Waals surface area contributed by atoms with E-state index in [1.807, 2.05) is 6.92 Å². The first-order valence-electron chi connectivity index (χ1n) is 10.4. The van der Waals surface area contributed by atoms with Gasteiger partial charge in [-0.15, -0.1) is 11.3 Å². The fourth-order valence-electron chi connectivity index (χ4n) is 3.63. The summed E-state index contributed by atoms with van der Waals surface area (Å²) in [7, 11) is 0. The summed E-state index contributed by atoms with van der Waals surface area (Å²) >= 11 is 1.33. The number of benzene rings is 2. The van der Waals surface area contributed by atoms with Gasteiger partial charge in [0.05, 0.1) is 11.1 Å². The molecule has 0 aliphatic carbocycles. The molecule has 0 fully saturated rings. The van der Waals surface area contributed by atoms with E-state index < -0.39 is 17.4 Å². The summed E-state index contributed by atoms with van der Waals surface area (Å²) in [4.78, 5) is 16.2. The number of aromatic nitrogens is 1. The van der Waals surface area contributed by atoms with E-state index >= 15 is 0 Å². The quantitative estimate of drug-likeness (QED) is 0.462. The van der Waals surface area contributed by atoms with Crippen molar-refractivity contribution in [3.8, 4) is 0 Å². The lowest BCUT2D eigenvalue weighted by atomic mass is 9.99. The second-order valence-electron chi connectivity index (χ2n) is 7.83. The van der Waals surface area contributed by atoms with Gasteiger partial charge in [0.15, 0.2) is 11.5 Å². The Morgan fingerprint density at radius 1 is 1.24 bits per heavy atom. The highest BCUT2D eigenvalue weighted by atomic mass is 32.1. The normalized spacial score (nSPS) is 17.9. The van der Waals surface area contributed by atoms with Crippen LogP contribution in [0.15, 0.2) is 64.5 Å². The molecule has 1 amide bonds. The van der Waals surface area contributed by atoms with Crippen LogP contribution in [0.5, 0.6) is 0 Å². The predicted octanol–water partition coefficient (Wildman–Crippen LogP) is 4.24. The Bertz CT molecular complexity index is 1180. The van der Waals surface area contributed by atoms with E-state index in [2.05, 4.69) is 20.7 Å². The number of halogens is 3. The van der Waals surface area contributed by atoms with Crippen LogP contribution < -0.4 is 10.6 Å². The summed E-state index contributed by atoms with van der Waals surface area (Å²) in [6, 6.07) is 12.1. The van der Waals surface area contributed by atoms with Gasteiger partial charge in [-0.1, -0.05) is 24.3 Å². The summed E-state index contributed by atoms with van der Waals surface area (Å²) < 4.78 is 39.6. The van der Waals surface area contributed by atoms with Gasteiger partial charge in [-0.05, 0) is 43.2 Å². The molecule has 1 unspecified atom stereocenters. The van der Waals surface area contributed by atoms with Gasteiger partial charge in [0.2, 0.25) is 0 Å². The van der Waals surface area contributed by atoms with Crippen molar-refractivity contribution in [3.63, 3.8) is 0 Å². The fourth-order valence-corrected chi connectivity index (χ4v) is 4.16. The van der Waals surface area contributed by atoms with Crippen LogP contribution in [0.3, 0.4) is 0 Å². The van der Waals surface area contributed by atoms with E-state index in [1.54, 1.807) is 46.2 Å². The van der Waals surface area contributed by atoms with Crippen LogP contribution in [-0.4, -0.2) is 40.0 Å². The maximum Gasteiger partial charge on any atom is 0.416 e. The van der Waals surface area contributed by atoms with Crippen molar-refractivity contribution in [2.24, 2.45) is 5.10 Å². The number of alkyl halides is 3. The maximum atomic E-state index is 13.2. The van der Waals surface area contributed by atoms with Gasteiger partial charge in [-0.2, -0.15) is 18.3 Å². The molecule has 1 aliphatic heterocycles. The van der Waals surface area contributed by atoms with Crippen LogP contribution in [0.25, 0.3) is 0 Å². The number of carbonyl (C=O) groups excluding carboxylic acids is 1. The number of hydrazone groups is 1. The van der Waals surface area contributed by atoms with Gasteiger partial charge in [-0.3, -0.25) is 9.80 Å². The van der Waals surface area contributed by atoms with E-state index in [-0.39, 0.29) is 12.5 Å². The van der Waals surface area contributed by atoms with Crippen molar-refractivity contribution in [1.82, 2.24) is 15.3 Å². The first-order valence-corrected chi connectivity index (χ1v) is 11.4. The Labute approximate surface area is 197 Å². The number of amides is 1. The number of carbonyl (C=O) groups is 1. The van der Waals surface area contributed by atoms with Gasteiger partial charge >= 0.3 is 6.18 Å². The molecule has 178 valence electrons. The first-order chi connectivity index (χ1) is 16.2. The maximum absolute atomic E-state index is 13.2. The molecule has 3 N–H and O–H groups in total. The largest absolute Gasteiger partial charge is 0.416 e. The smallest absolute Gasteiger partial charge is 0.396 e. The average Bonchev–Trinajstić information content (AvgIpc) is 3.47. The predicted molar refractivity (Wildman–Crippen MR) is 123 cm³/mol. The summed E-state index contributed by atoms with van der Waals surface area (Å²) in [5.41, 5.74) is 1.92. The topological polar surface area (TPSA) is 89.8 Å². The number of thiazole rings is 1. The van der Waals surface area contributed by atoms with Gasteiger partial charge < -0.3 is 15.7 Å². The molecule has 2 aromatic carbocycles. The lowest BCUT2D eigenvalue weighted by Gasteiger charge is -2.35. The number of nitrogens with zero attached hydrogens (tertiary/aromatic N) is 3. The molecule has 0 spiro atoms. The Hall–Kier alpha value is -3.44. The Kier molecular flexibility index (Phi) is 6.58. The van der Waals surface area contributed by atoms with E-state index in [1.165, 1.54) is 17.4 Å². The minimum absolute atomic E-state index is 0.0530. The zero-order chi connectivity index (χ0) is 24.3. The summed E-state index contributed by atoms with van der Waals surface area (Å²) in [5, 5.41) is 23.2. The standard InChI is InChI=1S/C23H22F3N5O2S/c1-22(16-6-8-18(9-7-16)28-21(33)19-13-34-14-27-19)29-20(30-31(22)10-3-11-32)15-4-2-5-17(12-15)23(24,25)26/h2,4-9,12-14,32H,3,10-11H2,1H3,(H,28,33)(H,29,30). The Morgan fingerprint density at radius 2 is 2.00 bits per heavy atom. The van der Waals surface area contributed by atoms with Crippen molar-refractivity contribution in [1.29, 1.82) is 0 Å². The summed E-state index contributed by atoms with van der Waals surface area (Å²) in [5.74, 6) is -0.0219. The van der Waals surface area contributed by atoms with Crippen molar-refractivity contribution in [3.05, 3.63) is 81.8 Å². The molecular formula is C23H22F3N5O2S. The number of aliphatic hydroxyl groups excluding tert-OH is 1. The van der Waals surface area contributed by atoms with Gasteiger partial charge in [0.1, 0.15) is 5.69 Å². The van der Waals surface area contributed by atoms with Crippen LogP contribution in [0.2, 0.25) is 0 Å². The van der Waals surface area contributed by atoms with Crippen LogP contribution in [0, 0.1) is 0 Å². The third-order valence-electron chi connectivity index (χ3n) is 5.46. The summed E-state index contributed by atoms with van der Waals surface area (Å²) in [6.45, 7) is 2.19. The second-order valence-corrected chi connectivity index (χ2v) is 8.55. The Morgan fingerprint density at radius 3 is 2.65 bits per heavy atom. The fraction of sp³-hybridized carbons (Fsp3) is 0.261. The minimum Gasteiger partial charge on any atom is -0.396 e. The molecule has 7 nitrogen and oxygen atoms in total. The molecule has 3 aromatic rings. The van der Waals surface area contributed by atoms with Crippen molar-refractivity contribution < 1.29 is 23.1 Å². The highest BCUT2D eigenvalue weighted by Crippen LogP contribution is 2.34. The molecule has 1 aromatic heterocycles. The number of aliphatic hydroxyl groups is 1. The number of hydrogen-bond donors (Lipinski definition) is 3. The number of rotatable bonds is 7. The van der Waals surface area contributed by atoms with Crippen molar-refractivity contribution in [2.45, 2.75) is 25.2 Å². The van der Waals surface area contributed by atoms with E-state index in [0.717, 1.165) is 17.7 Å². The number of anilines is 1. The molecular weight excluding hydrogens is 467 g/mol. The number of hydrogen-bond acceptors (Lipinski definition) is 7. The van der Waals surface area contributed by atoms with Crippen molar-refractivity contribution >= 4 is 28.8 Å². The zero-order valence-electron chi connectivity index (χ0n) is 18.1. The molecule has 11 heteroatoms. The molecule has 0 bridgehead atoms. The highest BCUT2D eigenvalue weighted by molar-refractivity contribution is 7.07. The monoisotopic (exact) mass is 489 g/mol. The van der Waals surface area contributed by atoms with Crippen LogP contribution in [-0.2, 0) is 11.8 Å². The SMILES string of the molecule is CC1(c2ccc(NC(=O)c3cscn3)cc2)NC(c2cccc(C(F)(F)F)c2)=NN1CCCO. The van der Waals surface area contributed by atoms with Crippen LogP contribution >= 0.6 is 11.3 Å². The average molecular weight is 490 g/mol. The molecule has 1 aliphatic rings. The highest BCUT2D eigenvalue weighted by Gasteiger charge is 2.40. The molecule has 34 heavy (non-hydrogen) atoms. The van der Waals surface area contributed by atoms with Crippen LogP contribution in [0.4, 0.5) is 18.9 Å². The van der Waals surface area contributed by atoms with Crippen LogP contribution in [0.1, 0.15) is 40.5 Å². The molecule has 0 saturated heterocycles. The van der Waals surface area contributed by atoms with E-state index in [0.29, 0.717) is 35.7 Å². The van der Waals surface area contributed by atoms with Gasteiger partial charge in [0.25, 0.3) is 5.91 Å². The third-order valence-corrected chi connectivity index (χ3v) is 6.05. The van der Waals surface area contributed by atoms with E-state index in [4.69, 9.17) is 0 Å². The molecule has 2 heterocycles. The van der Waals surface area contributed by atoms with E-state index in [9.17, 15) is 23.1 Å². The molecule has 1 atom stereocenters. The summed E-state index contributed by atoms with van der Waals surface area (Å²) in [6.07, 6.45) is -4.04. The third kappa shape index (κ3) is 4.90. The second kappa shape index (κ2) is 9.43. The first kappa shape index (κ1) is 23.7. The van der Waals surface area contributed by atoms with Crippen molar-refractivity contribution in [2.75, 3.05) is 18.5 Å². The Balaban J connectivity index is 1.58. The molecule has 4 rings (SSSR count). The van der Waals surface area contributed by atoms with Gasteiger partial charge in [0, 0.05) is 29.8 Å².